The average Bonchev–Trinajstić information content (AvgIpc) is 3.50. The number of imide groups is 2. The Bertz CT molecular complexity index is 1990. The molecule has 0 bridgehead atoms. The molecule has 7 rings (SSSR count). The SMILES string of the molecule is [C-]#[N+]c1ccc2ncnc(NC3CCC(N4CCN(CCOCCOCCOCCOCCOc5ccc6c(c5)C(=O)N(C5CCC(=O)NC5=O)C6=O)CC4)CC3)c2c1. The zero-order chi connectivity index (χ0) is 41.0. The molecule has 4 heterocycles. The molecule has 3 aliphatic heterocycles. The fourth-order valence-electron chi connectivity index (χ4n) is 8.07. The Labute approximate surface area is 343 Å². The van der Waals surface area contributed by atoms with Crippen molar-refractivity contribution in [1.29, 1.82) is 0 Å². The smallest absolute Gasteiger partial charge is 0.262 e. The molecule has 1 aliphatic carbocycles. The summed E-state index contributed by atoms with van der Waals surface area (Å²) in [7, 11) is 0. The number of carbonyl (C=O) groups is 4. The van der Waals surface area contributed by atoms with E-state index < -0.39 is 29.7 Å². The van der Waals surface area contributed by atoms with Gasteiger partial charge in [-0.15, -0.1) is 0 Å². The van der Waals surface area contributed by atoms with Gasteiger partial charge >= 0.3 is 0 Å². The van der Waals surface area contributed by atoms with Gasteiger partial charge in [-0.1, -0.05) is 6.07 Å². The summed E-state index contributed by atoms with van der Waals surface area (Å²) >= 11 is 0. The molecule has 59 heavy (non-hydrogen) atoms. The maximum atomic E-state index is 13.0. The van der Waals surface area contributed by atoms with Crippen molar-refractivity contribution in [2.24, 2.45) is 0 Å². The van der Waals surface area contributed by atoms with Crippen LogP contribution in [0.3, 0.4) is 0 Å². The van der Waals surface area contributed by atoms with Gasteiger partial charge < -0.3 is 29.0 Å². The van der Waals surface area contributed by atoms with Crippen molar-refractivity contribution in [1.82, 2.24) is 30.0 Å². The molecule has 1 unspecified atom stereocenters. The van der Waals surface area contributed by atoms with E-state index >= 15 is 0 Å². The topological polar surface area (TPSA) is 178 Å². The molecule has 4 amide bonds. The number of carbonyl (C=O) groups excluding carboxylic acids is 4. The van der Waals surface area contributed by atoms with Gasteiger partial charge in [-0.2, -0.15) is 0 Å². The van der Waals surface area contributed by atoms with Gasteiger partial charge in [-0.25, -0.2) is 14.8 Å². The minimum Gasteiger partial charge on any atom is -0.491 e. The highest BCUT2D eigenvalue weighted by atomic mass is 16.6. The molecule has 314 valence electrons. The van der Waals surface area contributed by atoms with Gasteiger partial charge in [0.1, 0.15) is 30.5 Å². The summed E-state index contributed by atoms with van der Waals surface area (Å²) in [6, 6.07) is 10.1. The van der Waals surface area contributed by atoms with E-state index in [0.29, 0.717) is 76.4 Å². The lowest BCUT2D eigenvalue weighted by atomic mass is 9.89. The maximum Gasteiger partial charge on any atom is 0.262 e. The second kappa shape index (κ2) is 20.7. The van der Waals surface area contributed by atoms with Gasteiger partial charge in [0, 0.05) is 56.6 Å². The van der Waals surface area contributed by atoms with Crippen LogP contribution in [0.25, 0.3) is 15.7 Å². The molecule has 1 saturated carbocycles. The maximum absolute atomic E-state index is 13.0. The number of nitrogens with zero attached hydrogens (tertiary/aromatic N) is 6. The Balaban J connectivity index is 0.658. The van der Waals surface area contributed by atoms with Crippen molar-refractivity contribution in [3.63, 3.8) is 0 Å². The lowest BCUT2D eigenvalue weighted by molar-refractivity contribution is -0.136. The van der Waals surface area contributed by atoms with Gasteiger partial charge in [-0.3, -0.25) is 39.2 Å². The third-order valence-corrected chi connectivity index (χ3v) is 11.3. The van der Waals surface area contributed by atoms with Crippen LogP contribution in [0.1, 0.15) is 59.2 Å². The van der Waals surface area contributed by atoms with E-state index in [1.807, 2.05) is 12.1 Å². The lowest BCUT2D eigenvalue weighted by Crippen LogP contribution is -2.54. The number of fused-ring (bicyclic) bond motifs is 2. The third-order valence-electron chi connectivity index (χ3n) is 11.3. The number of piperidine rings is 1. The Kier molecular flexibility index (Phi) is 14.8. The van der Waals surface area contributed by atoms with Crippen LogP contribution in [-0.2, 0) is 28.5 Å². The minimum absolute atomic E-state index is 0.0656. The molecule has 0 radical (unpaired) electrons. The molecule has 3 fully saturated rings. The Morgan fingerprint density at radius 1 is 0.746 bits per heavy atom. The first-order chi connectivity index (χ1) is 28.9. The largest absolute Gasteiger partial charge is 0.491 e. The number of aromatic nitrogens is 2. The number of ether oxygens (including phenoxy) is 5. The number of nitrogens with one attached hydrogen (secondary N) is 2. The second-order valence-corrected chi connectivity index (χ2v) is 15.0. The molecule has 3 aromatic rings. The summed E-state index contributed by atoms with van der Waals surface area (Å²) in [5.74, 6) is -0.975. The third kappa shape index (κ3) is 10.9. The zero-order valence-electron chi connectivity index (χ0n) is 33.3. The highest BCUT2D eigenvalue weighted by Crippen LogP contribution is 2.31. The predicted molar refractivity (Wildman–Crippen MR) is 215 cm³/mol. The molecule has 4 aliphatic rings. The van der Waals surface area contributed by atoms with Crippen LogP contribution >= 0.6 is 0 Å². The number of hydrogen-bond acceptors (Lipinski definition) is 14. The number of amides is 4. The van der Waals surface area contributed by atoms with E-state index in [9.17, 15) is 19.2 Å². The number of hydrogen-bond donors (Lipinski definition) is 2. The summed E-state index contributed by atoms with van der Waals surface area (Å²) in [4.78, 5) is 68.0. The van der Waals surface area contributed by atoms with Crippen molar-refractivity contribution in [2.45, 2.75) is 56.7 Å². The summed E-state index contributed by atoms with van der Waals surface area (Å²) in [6.07, 6.45) is 6.29. The Morgan fingerprint density at radius 2 is 1.42 bits per heavy atom. The monoisotopic (exact) mass is 812 g/mol. The van der Waals surface area contributed by atoms with Crippen molar-refractivity contribution in [3.05, 3.63) is 65.3 Å². The molecule has 1 aromatic heterocycles. The van der Waals surface area contributed by atoms with Gasteiger partial charge in [0.05, 0.1) is 76.1 Å². The first-order valence-corrected chi connectivity index (χ1v) is 20.5. The van der Waals surface area contributed by atoms with E-state index in [4.69, 9.17) is 30.3 Å². The highest BCUT2D eigenvalue weighted by molar-refractivity contribution is 6.23. The van der Waals surface area contributed by atoms with E-state index in [2.05, 4.69) is 35.2 Å². The highest BCUT2D eigenvalue weighted by Gasteiger charge is 2.44. The van der Waals surface area contributed by atoms with Gasteiger partial charge in [0.2, 0.25) is 11.8 Å². The molecule has 0 spiro atoms. The van der Waals surface area contributed by atoms with Gasteiger partial charge in [-0.05, 0) is 62.4 Å². The van der Waals surface area contributed by atoms with Crippen molar-refractivity contribution in [3.8, 4) is 5.75 Å². The molecule has 2 saturated heterocycles. The number of anilines is 1. The lowest BCUT2D eigenvalue weighted by Gasteiger charge is -2.42. The Morgan fingerprint density at radius 3 is 2.12 bits per heavy atom. The van der Waals surface area contributed by atoms with E-state index in [1.165, 1.54) is 25.0 Å². The van der Waals surface area contributed by atoms with Crippen LogP contribution in [0.15, 0.2) is 42.7 Å². The molecular formula is C42H52N8O9. The Hall–Kier alpha value is -5.09. The van der Waals surface area contributed by atoms with Crippen LogP contribution in [0.2, 0.25) is 0 Å². The fourth-order valence-corrected chi connectivity index (χ4v) is 8.07. The first-order valence-electron chi connectivity index (χ1n) is 20.5. The van der Waals surface area contributed by atoms with Crippen LogP contribution in [-0.4, -0.2) is 159 Å². The number of piperazine rings is 1. The standard InChI is InChI=1S/C42H52N8O9/c1-43-30-4-9-36-35(26-30)39(45-28-44-36)46-29-2-5-31(6-3-29)49-14-12-48(13-15-49)16-17-55-18-19-56-20-21-57-22-23-58-24-25-59-32-7-8-33-34(27-32)42(54)50(41(33)53)37-10-11-38(51)47-40(37)52/h4,7-9,26-29,31,37H,2-3,5-6,10-25H2,(H,44,45,46)(H,47,51,52). The summed E-state index contributed by atoms with van der Waals surface area (Å²) < 4.78 is 28.3. The predicted octanol–water partition coefficient (Wildman–Crippen LogP) is 3.07. The second-order valence-electron chi connectivity index (χ2n) is 15.0. The average molecular weight is 813 g/mol. The van der Waals surface area contributed by atoms with Gasteiger partial charge in [0.25, 0.3) is 11.8 Å². The summed E-state index contributed by atoms with van der Waals surface area (Å²) in [6.45, 7) is 16.5. The molecule has 2 N–H and O–H groups in total. The van der Waals surface area contributed by atoms with Gasteiger partial charge in [0.15, 0.2) is 5.69 Å². The van der Waals surface area contributed by atoms with Crippen LogP contribution in [0.5, 0.6) is 5.75 Å². The van der Waals surface area contributed by atoms with E-state index in [0.717, 1.165) is 67.2 Å². The molecular weight excluding hydrogens is 761 g/mol. The van der Waals surface area contributed by atoms with Crippen LogP contribution in [0, 0.1) is 6.57 Å². The van der Waals surface area contributed by atoms with E-state index in [1.54, 1.807) is 18.5 Å². The fraction of sp³-hybridized carbons (Fsp3) is 0.548. The summed E-state index contributed by atoms with van der Waals surface area (Å²) in [5, 5.41) is 6.74. The quantitative estimate of drug-likeness (QED) is 0.0967. The molecule has 17 nitrogen and oxygen atoms in total. The van der Waals surface area contributed by atoms with Crippen molar-refractivity contribution in [2.75, 3.05) is 97.5 Å². The molecule has 17 heteroatoms. The number of benzene rings is 2. The van der Waals surface area contributed by atoms with Crippen molar-refractivity contribution < 1.29 is 42.9 Å². The first kappa shape index (κ1) is 42.0. The number of rotatable bonds is 20. The minimum atomic E-state index is -1.01. The molecule has 2 aromatic carbocycles. The van der Waals surface area contributed by atoms with Crippen LogP contribution < -0.4 is 15.4 Å². The van der Waals surface area contributed by atoms with E-state index in [-0.39, 0.29) is 30.6 Å². The zero-order valence-corrected chi connectivity index (χ0v) is 33.3. The normalized spacial score (nSPS) is 21.4. The molecule has 1 atom stereocenters. The van der Waals surface area contributed by atoms with Crippen molar-refractivity contribution >= 4 is 46.0 Å². The van der Waals surface area contributed by atoms with Crippen LogP contribution in [0.4, 0.5) is 11.5 Å². The summed E-state index contributed by atoms with van der Waals surface area (Å²) in [5.41, 5.74) is 1.82.